The van der Waals surface area contributed by atoms with Gasteiger partial charge < -0.3 is 10.6 Å². The predicted molar refractivity (Wildman–Crippen MR) is 70.7 cm³/mol. The van der Waals surface area contributed by atoms with Crippen molar-refractivity contribution in [1.29, 1.82) is 0 Å². The maximum Gasteiger partial charge on any atom is 0.128 e. The van der Waals surface area contributed by atoms with E-state index in [0.717, 1.165) is 17.9 Å². The molecule has 0 radical (unpaired) electrons. The molecule has 2 aromatic rings. The van der Waals surface area contributed by atoms with E-state index in [1.807, 2.05) is 43.6 Å². The molecule has 2 N–H and O–H groups in total. The van der Waals surface area contributed by atoms with E-state index in [2.05, 4.69) is 22.0 Å². The van der Waals surface area contributed by atoms with Crippen molar-refractivity contribution in [2.45, 2.75) is 13.1 Å². The zero-order valence-corrected chi connectivity index (χ0v) is 10.0. The van der Waals surface area contributed by atoms with Crippen LogP contribution in [0.15, 0.2) is 48.7 Å². The van der Waals surface area contributed by atoms with Crippen LogP contribution in [0.1, 0.15) is 11.1 Å². The van der Waals surface area contributed by atoms with Gasteiger partial charge in [-0.25, -0.2) is 4.98 Å². The second-order valence-corrected chi connectivity index (χ2v) is 4.07. The zero-order chi connectivity index (χ0) is 12.1. The molecule has 0 atom stereocenters. The number of anilines is 1. The van der Waals surface area contributed by atoms with Gasteiger partial charge in [0.2, 0.25) is 0 Å². The fourth-order valence-electron chi connectivity index (χ4n) is 1.70. The van der Waals surface area contributed by atoms with Crippen LogP contribution in [0.3, 0.4) is 0 Å². The minimum Gasteiger partial charge on any atom is -0.355 e. The highest BCUT2D eigenvalue weighted by Gasteiger charge is 2.02. The molecule has 2 rings (SSSR count). The minimum absolute atomic E-state index is 0.537. The lowest BCUT2D eigenvalue weighted by atomic mass is 10.2. The quantitative estimate of drug-likeness (QED) is 0.870. The Bertz CT molecular complexity index is 451. The van der Waals surface area contributed by atoms with Gasteiger partial charge in [-0.3, -0.25) is 0 Å². The molecule has 3 heteroatoms. The van der Waals surface area contributed by atoms with Crippen LogP contribution in [0.5, 0.6) is 0 Å². The van der Waals surface area contributed by atoms with Crippen LogP contribution in [0.4, 0.5) is 5.82 Å². The van der Waals surface area contributed by atoms with Gasteiger partial charge in [-0.1, -0.05) is 36.4 Å². The molecule has 0 fully saturated rings. The number of nitrogens with zero attached hydrogens (tertiary/aromatic N) is 2. The van der Waals surface area contributed by atoms with E-state index < -0.39 is 0 Å². The van der Waals surface area contributed by atoms with Gasteiger partial charge in [-0.15, -0.1) is 0 Å². The molecule has 1 aromatic carbocycles. The molecule has 1 aromatic heterocycles. The summed E-state index contributed by atoms with van der Waals surface area (Å²) in [4.78, 5) is 6.51. The van der Waals surface area contributed by atoms with Crippen molar-refractivity contribution < 1.29 is 0 Å². The summed E-state index contributed by atoms with van der Waals surface area (Å²) in [6.45, 7) is 1.39. The average Bonchev–Trinajstić information content (AvgIpc) is 2.40. The third-order valence-corrected chi connectivity index (χ3v) is 2.70. The molecule has 0 bridgehead atoms. The van der Waals surface area contributed by atoms with Crippen molar-refractivity contribution in [2.75, 3.05) is 11.9 Å². The Labute approximate surface area is 102 Å². The van der Waals surface area contributed by atoms with Crippen molar-refractivity contribution in [1.82, 2.24) is 4.98 Å². The van der Waals surface area contributed by atoms with Crippen molar-refractivity contribution in [3.8, 4) is 0 Å². The Balaban J connectivity index is 2.06. The van der Waals surface area contributed by atoms with Gasteiger partial charge in [0.25, 0.3) is 0 Å². The molecule has 0 spiro atoms. The first-order valence-electron chi connectivity index (χ1n) is 5.69. The van der Waals surface area contributed by atoms with E-state index >= 15 is 0 Å². The number of pyridine rings is 1. The van der Waals surface area contributed by atoms with Crippen LogP contribution in [-0.4, -0.2) is 12.0 Å². The summed E-state index contributed by atoms with van der Waals surface area (Å²) in [7, 11) is 2.04. The van der Waals surface area contributed by atoms with Gasteiger partial charge in [-0.05, 0) is 17.2 Å². The van der Waals surface area contributed by atoms with Gasteiger partial charge in [-0.2, -0.15) is 0 Å². The predicted octanol–water partition coefficient (Wildman–Crippen LogP) is 2.18. The maximum atomic E-state index is 5.55. The van der Waals surface area contributed by atoms with E-state index in [1.165, 1.54) is 5.56 Å². The standard InChI is InChI=1S/C14H17N3/c1-17(11-12-5-3-2-4-6-12)14-8-7-13(9-15)10-16-14/h2-8,10H,9,11,15H2,1H3. The third kappa shape index (κ3) is 3.04. The van der Waals surface area contributed by atoms with Crippen LogP contribution in [0, 0.1) is 0 Å². The Morgan fingerprint density at radius 2 is 1.82 bits per heavy atom. The summed E-state index contributed by atoms with van der Waals surface area (Å²) in [6, 6.07) is 14.4. The molecular formula is C14H17N3. The van der Waals surface area contributed by atoms with Crippen LogP contribution in [0.25, 0.3) is 0 Å². The Hall–Kier alpha value is -1.87. The van der Waals surface area contributed by atoms with Gasteiger partial charge in [0.05, 0.1) is 0 Å². The van der Waals surface area contributed by atoms with Crippen LogP contribution >= 0.6 is 0 Å². The first-order valence-corrected chi connectivity index (χ1v) is 5.69. The van der Waals surface area contributed by atoms with Crippen LogP contribution in [-0.2, 0) is 13.1 Å². The number of benzene rings is 1. The number of nitrogens with two attached hydrogens (primary N) is 1. The zero-order valence-electron chi connectivity index (χ0n) is 10.0. The molecule has 0 saturated heterocycles. The molecule has 3 nitrogen and oxygen atoms in total. The molecule has 17 heavy (non-hydrogen) atoms. The first kappa shape index (κ1) is 11.6. The highest BCUT2D eigenvalue weighted by atomic mass is 15.2. The largest absolute Gasteiger partial charge is 0.355 e. The molecule has 0 aliphatic carbocycles. The summed E-state index contributed by atoms with van der Waals surface area (Å²) >= 11 is 0. The maximum absolute atomic E-state index is 5.55. The Kier molecular flexibility index (Phi) is 3.73. The highest BCUT2D eigenvalue weighted by Crippen LogP contribution is 2.12. The Morgan fingerprint density at radius 3 is 2.41 bits per heavy atom. The molecule has 88 valence electrons. The fraction of sp³-hybridized carbons (Fsp3) is 0.214. The topological polar surface area (TPSA) is 42.1 Å². The monoisotopic (exact) mass is 227 g/mol. The third-order valence-electron chi connectivity index (χ3n) is 2.70. The average molecular weight is 227 g/mol. The summed E-state index contributed by atoms with van der Waals surface area (Å²) in [5.74, 6) is 0.964. The van der Waals surface area contributed by atoms with E-state index in [-0.39, 0.29) is 0 Å². The van der Waals surface area contributed by atoms with Gasteiger partial charge in [0.1, 0.15) is 5.82 Å². The van der Waals surface area contributed by atoms with Crippen molar-refractivity contribution in [3.63, 3.8) is 0 Å². The smallest absolute Gasteiger partial charge is 0.128 e. The first-order chi connectivity index (χ1) is 8.29. The number of hydrogen-bond acceptors (Lipinski definition) is 3. The minimum atomic E-state index is 0.537. The number of aromatic nitrogens is 1. The second kappa shape index (κ2) is 5.46. The van der Waals surface area contributed by atoms with Crippen LogP contribution in [0.2, 0.25) is 0 Å². The SMILES string of the molecule is CN(Cc1ccccc1)c1ccc(CN)cn1. The van der Waals surface area contributed by atoms with Gasteiger partial charge in [0, 0.05) is 26.3 Å². The van der Waals surface area contributed by atoms with Gasteiger partial charge >= 0.3 is 0 Å². The van der Waals surface area contributed by atoms with Crippen molar-refractivity contribution in [2.24, 2.45) is 5.73 Å². The molecule has 0 amide bonds. The lowest BCUT2D eigenvalue weighted by Gasteiger charge is -2.18. The normalized spacial score (nSPS) is 10.2. The van der Waals surface area contributed by atoms with E-state index in [9.17, 15) is 0 Å². The van der Waals surface area contributed by atoms with E-state index in [4.69, 9.17) is 5.73 Å². The molecule has 0 aliphatic heterocycles. The summed E-state index contributed by atoms with van der Waals surface area (Å²) < 4.78 is 0. The lowest BCUT2D eigenvalue weighted by molar-refractivity contribution is 0.893. The summed E-state index contributed by atoms with van der Waals surface area (Å²) in [5.41, 5.74) is 7.88. The molecular weight excluding hydrogens is 210 g/mol. The molecule has 0 aliphatic rings. The van der Waals surface area contributed by atoms with E-state index in [0.29, 0.717) is 6.54 Å². The fourth-order valence-corrected chi connectivity index (χ4v) is 1.70. The molecule has 1 heterocycles. The Morgan fingerprint density at radius 1 is 1.06 bits per heavy atom. The number of rotatable bonds is 4. The number of hydrogen-bond donors (Lipinski definition) is 1. The summed E-state index contributed by atoms with van der Waals surface area (Å²) in [5, 5.41) is 0. The van der Waals surface area contributed by atoms with Crippen molar-refractivity contribution in [3.05, 3.63) is 59.8 Å². The van der Waals surface area contributed by atoms with Crippen molar-refractivity contribution >= 4 is 5.82 Å². The van der Waals surface area contributed by atoms with E-state index in [1.54, 1.807) is 0 Å². The summed E-state index contributed by atoms with van der Waals surface area (Å²) in [6.07, 6.45) is 1.83. The molecule has 0 unspecified atom stereocenters. The second-order valence-electron chi connectivity index (χ2n) is 4.07. The highest BCUT2D eigenvalue weighted by molar-refractivity contribution is 5.39. The molecule has 0 saturated carbocycles. The lowest BCUT2D eigenvalue weighted by Crippen LogP contribution is -2.17. The van der Waals surface area contributed by atoms with Crippen LogP contribution < -0.4 is 10.6 Å². The van der Waals surface area contributed by atoms with Gasteiger partial charge in [0.15, 0.2) is 0 Å².